The van der Waals surface area contributed by atoms with E-state index in [4.69, 9.17) is 0 Å². The van der Waals surface area contributed by atoms with Gasteiger partial charge in [-0.1, -0.05) is 27.2 Å². The number of hydrogen-bond acceptors (Lipinski definition) is 3. The standard InChI is InChI=1S/C19H29N3/c1-14(2)18-11-6-15(3)12-19(18)21-13-20-16-7-9-17(10-8-16)22(4)5/h7-10,14-15,18-19H,6,11-12H2,1-5H3. The highest BCUT2D eigenvalue weighted by Crippen LogP contribution is 2.35. The van der Waals surface area contributed by atoms with Crippen molar-refractivity contribution in [2.24, 2.45) is 27.7 Å². The van der Waals surface area contributed by atoms with Crippen LogP contribution in [0.3, 0.4) is 0 Å². The molecule has 3 atom stereocenters. The lowest BCUT2D eigenvalue weighted by Gasteiger charge is -2.34. The van der Waals surface area contributed by atoms with Crippen LogP contribution in [0.5, 0.6) is 0 Å². The number of aliphatic imine (C=N–C) groups is 2. The van der Waals surface area contributed by atoms with E-state index >= 15 is 0 Å². The summed E-state index contributed by atoms with van der Waals surface area (Å²) in [7, 11) is 4.08. The molecule has 0 aromatic heterocycles. The van der Waals surface area contributed by atoms with Gasteiger partial charge in [-0.25, -0.2) is 4.99 Å². The molecule has 120 valence electrons. The van der Waals surface area contributed by atoms with Gasteiger partial charge in [0.15, 0.2) is 0 Å². The zero-order valence-electron chi connectivity index (χ0n) is 14.6. The predicted octanol–water partition coefficient (Wildman–Crippen LogP) is 5.02. The largest absolute Gasteiger partial charge is 0.378 e. The third-order valence-corrected chi connectivity index (χ3v) is 4.76. The summed E-state index contributed by atoms with van der Waals surface area (Å²) in [5.41, 5.74) is 2.09. The molecule has 2 rings (SSSR count). The lowest BCUT2D eigenvalue weighted by molar-refractivity contribution is 0.201. The summed E-state index contributed by atoms with van der Waals surface area (Å²) < 4.78 is 0. The molecule has 0 amide bonds. The molecule has 0 radical (unpaired) electrons. The summed E-state index contributed by atoms with van der Waals surface area (Å²) >= 11 is 0. The van der Waals surface area contributed by atoms with Crippen LogP contribution in [-0.4, -0.2) is 26.1 Å². The third-order valence-electron chi connectivity index (χ3n) is 4.76. The van der Waals surface area contributed by atoms with E-state index < -0.39 is 0 Å². The normalized spacial score (nSPS) is 24.7. The maximum absolute atomic E-state index is 4.66. The van der Waals surface area contributed by atoms with Gasteiger partial charge in [0.2, 0.25) is 0 Å². The highest BCUT2D eigenvalue weighted by Gasteiger charge is 2.30. The Labute approximate surface area is 135 Å². The van der Waals surface area contributed by atoms with Gasteiger partial charge < -0.3 is 4.90 Å². The molecule has 3 nitrogen and oxygen atoms in total. The molecule has 3 unspecified atom stereocenters. The fourth-order valence-corrected chi connectivity index (χ4v) is 3.29. The number of hydrogen-bond donors (Lipinski definition) is 0. The topological polar surface area (TPSA) is 28.0 Å². The van der Waals surface area contributed by atoms with E-state index in [1.165, 1.54) is 24.9 Å². The van der Waals surface area contributed by atoms with Crippen molar-refractivity contribution in [2.75, 3.05) is 19.0 Å². The van der Waals surface area contributed by atoms with Gasteiger partial charge in [-0.3, -0.25) is 0 Å². The summed E-state index contributed by atoms with van der Waals surface area (Å²) in [6.07, 6.45) is 3.79. The van der Waals surface area contributed by atoms with Gasteiger partial charge >= 0.3 is 0 Å². The van der Waals surface area contributed by atoms with Crippen LogP contribution in [0, 0.1) is 17.8 Å². The Bertz CT molecular complexity index is 524. The minimum atomic E-state index is 0.383. The Morgan fingerprint density at radius 3 is 2.41 bits per heavy atom. The van der Waals surface area contributed by atoms with Gasteiger partial charge in [0, 0.05) is 19.8 Å². The maximum atomic E-state index is 4.66. The van der Waals surface area contributed by atoms with Crippen molar-refractivity contribution in [1.82, 2.24) is 0 Å². The van der Waals surface area contributed by atoms with Crippen molar-refractivity contribution in [3.05, 3.63) is 24.3 Å². The van der Waals surface area contributed by atoms with Gasteiger partial charge in [-0.15, -0.1) is 0 Å². The SMILES string of the molecule is CC1CCC(C(C)C)C(N=C=Nc2ccc(N(C)C)cc2)C1. The number of rotatable bonds is 4. The molecule has 1 aliphatic rings. The van der Waals surface area contributed by atoms with Crippen LogP contribution >= 0.6 is 0 Å². The average Bonchev–Trinajstić information content (AvgIpc) is 2.47. The molecule has 1 saturated carbocycles. The molecular formula is C19H29N3. The fourth-order valence-electron chi connectivity index (χ4n) is 3.29. The lowest BCUT2D eigenvalue weighted by Crippen LogP contribution is -2.30. The first-order valence-electron chi connectivity index (χ1n) is 8.40. The molecule has 0 spiro atoms. The second-order valence-corrected chi connectivity index (χ2v) is 7.15. The highest BCUT2D eigenvalue weighted by atomic mass is 15.1. The first-order chi connectivity index (χ1) is 10.5. The van der Waals surface area contributed by atoms with Crippen molar-refractivity contribution in [2.45, 2.75) is 46.1 Å². The second-order valence-electron chi connectivity index (χ2n) is 7.15. The van der Waals surface area contributed by atoms with Crippen LogP contribution in [0.1, 0.15) is 40.0 Å². The lowest BCUT2D eigenvalue weighted by atomic mass is 9.74. The molecule has 3 heteroatoms. The first-order valence-corrected chi connectivity index (χ1v) is 8.40. The van der Waals surface area contributed by atoms with Crippen LogP contribution in [0.25, 0.3) is 0 Å². The number of anilines is 1. The molecule has 1 aromatic rings. The van der Waals surface area contributed by atoms with Crippen LogP contribution < -0.4 is 4.90 Å². The van der Waals surface area contributed by atoms with E-state index in [1.807, 2.05) is 26.2 Å². The molecule has 0 aliphatic heterocycles. The molecule has 22 heavy (non-hydrogen) atoms. The molecular weight excluding hydrogens is 270 g/mol. The summed E-state index contributed by atoms with van der Waals surface area (Å²) in [5.74, 6) is 2.13. The van der Waals surface area contributed by atoms with Gasteiger partial charge in [-0.2, -0.15) is 4.99 Å². The summed E-state index contributed by atoms with van der Waals surface area (Å²) in [5, 5.41) is 0. The number of benzene rings is 1. The van der Waals surface area contributed by atoms with Crippen molar-refractivity contribution in [1.29, 1.82) is 0 Å². The van der Waals surface area contributed by atoms with Gasteiger partial charge in [0.1, 0.15) is 0 Å². The van der Waals surface area contributed by atoms with Gasteiger partial charge in [0.25, 0.3) is 0 Å². The Morgan fingerprint density at radius 1 is 1.14 bits per heavy atom. The second kappa shape index (κ2) is 7.60. The first kappa shape index (κ1) is 16.8. The van der Waals surface area contributed by atoms with E-state index in [-0.39, 0.29) is 0 Å². The molecule has 1 aromatic carbocycles. The van der Waals surface area contributed by atoms with Crippen LogP contribution in [0.2, 0.25) is 0 Å². The molecule has 1 fully saturated rings. The molecule has 0 N–H and O–H groups in total. The maximum Gasteiger partial charge on any atom is 0.0951 e. The Morgan fingerprint density at radius 2 is 1.82 bits per heavy atom. The van der Waals surface area contributed by atoms with E-state index in [9.17, 15) is 0 Å². The molecule has 0 saturated heterocycles. The molecule has 0 heterocycles. The van der Waals surface area contributed by atoms with Crippen molar-refractivity contribution in [3.8, 4) is 0 Å². The van der Waals surface area contributed by atoms with Crippen molar-refractivity contribution < 1.29 is 0 Å². The van der Waals surface area contributed by atoms with Crippen molar-refractivity contribution >= 4 is 17.4 Å². The minimum absolute atomic E-state index is 0.383. The van der Waals surface area contributed by atoms with Gasteiger partial charge in [0.05, 0.1) is 17.7 Å². The fraction of sp³-hybridized carbons (Fsp3) is 0.632. The summed E-state index contributed by atoms with van der Waals surface area (Å²) in [6, 6.07) is 11.5. The Kier molecular flexibility index (Phi) is 5.79. The van der Waals surface area contributed by atoms with E-state index in [1.54, 1.807) is 0 Å². The van der Waals surface area contributed by atoms with Crippen LogP contribution in [-0.2, 0) is 0 Å². The average molecular weight is 299 g/mol. The quantitative estimate of drug-likeness (QED) is 0.717. The van der Waals surface area contributed by atoms with Crippen LogP contribution in [0.15, 0.2) is 34.3 Å². The zero-order chi connectivity index (χ0) is 16.1. The van der Waals surface area contributed by atoms with E-state index in [0.717, 1.165) is 11.6 Å². The monoisotopic (exact) mass is 299 g/mol. The minimum Gasteiger partial charge on any atom is -0.378 e. The molecule has 0 bridgehead atoms. The Hall–Kier alpha value is -1.60. The smallest absolute Gasteiger partial charge is 0.0951 e. The van der Waals surface area contributed by atoms with Crippen molar-refractivity contribution in [3.63, 3.8) is 0 Å². The number of nitrogens with zero attached hydrogens (tertiary/aromatic N) is 3. The third kappa shape index (κ3) is 4.45. The summed E-state index contributed by atoms with van der Waals surface area (Å²) in [6.45, 7) is 6.94. The zero-order valence-corrected chi connectivity index (χ0v) is 14.6. The van der Waals surface area contributed by atoms with Gasteiger partial charge in [-0.05, 0) is 54.9 Å². The molecule has 1 aliphatic carbocycles. The van der Waals surface area contributed by atoms with Crippen LogP contribution in [0.4, 0.5) is 11.4 Å². The highest BCUT2D eigenvalue weighted by molar-refractivity contribution is 5.57. The van der Waals surface area contributed by atoms with E-state index in [2.05, 4.69) is 53.8 Å². The Balaban J connectivity index is 2.07. The van der Waals surface area contributed by atoms with E-state index in [0.29, 0.717) is 17.9 Å². The summed E-state index contributed by atoms with van der Waals surface area (Å²) in [4.78, 5) is 11.1. The predicted molar refractivity (Wildman–Crippen MR) is 95.4 cm³/mol.